The number of hydrogen-bond acceptors (Lipinski definition) is 5. The minimum Gasteiger partial charge on any atom is -0.452 e. The third-order valence-electron chi connectivity index (χ3n) is 3.41. The van der Waals surface area contributed by atoms with Crippen LogP contribution in [0.1, 0.15) is 15.9 Å². The number of amides is 1. The molecule has 0 bridgehead atoms. The van der Waals surface area contributed by atoms with E-state index < -0.39 is 5.97 Å². The molecule has 1 N–H and O–H groups in total. The van der Waals surface area contributed by atoms with Crippen LogP contribution in [0.3, 0.4) is 0 Å². The van der Waals surface area contributed by atoms with Crippen LogP contribution in [0.5, 0.6) is 0 Å². The van der Waals surface area contributed by atoms with Crippen molar-refractivity contribution in [3.05, 3.63) is 64.7 Å². The van der Waals surface area contributed by atoms with Gasteiger partial charge in [-0.1, -0.05) is 41.9 Å². The van der Waals surface area contributed by atoms with Gasteiger partial charge in [-0.25, -0.2) is 4.79 Å². The van der Waals surface area contributed by atoms with E-state index in [4.69, 9.17) is 16.3 Å². The molecule has 138 valence electrons. The van der Waals surface area contributed by atoms with Crippen LogP contribution in [0.15, 0.2) is 53.4 Å². The fraction of sp³-hybridized carbons (Fsp3) is 0.263. The second kappa shape index (κ2) is 11.2. The van der Waals surface area contributed by atoms with Crippen molar-refractivity contribution in [1.29, 1.82) is 0 Å². The number of halogens is 1. The fourth-order valence-corrected chi connectivity index (χ4v) is 3.53. The third-order valence-corrected chi connectivity index (χ3v) is 5.49. The van der Waals surface area contributed by atoms with E-state index in [0.717, 1.165) is 16.4 Å². The van der Waals surface area contributed by atoms with E-state index in [-0.39, 0.29) is 18.1 Å². The summed E-state index contributed by atoms with van der Waals surface area (Å²) in [6, 6.07) is 15.3. The first-order chi connectivity index (χ1) is 12.6. The lowest BCUT2D eigenvalue weighted by atomic mass is 10.2. The van der Waals surface area contributed by atoms with Gasteiger partial charge in [-0.2, -0.15) is 11.8 Å². The van der Waals surface area contributed by atoms with E-state index in [1.54, 1.807) is 23.9 Å². The quantitative estimate of drug-likeness (QED) is 0.381. The molecular formula is C19H20ClNO3S2. The van der Waals surface area contributed by atoms with Crippen LogP contribution in [0.25, 0.3) is 0 Å². The molecule has 2 aromatic carbocycles. The first-order valence-corrected chi connectivity index (χ1v) is 10.7. The van der Waals surface area contributed by atoms with Gasteiger partial charge in [-0.05, 0) is 30.0 Å². The van der Waals surface area contributed by atoms with Gasteiger partial charge in [-0.15, -0.1) is 11.8 Å². The van der Waals surface area contributed by atoms with E-state index in [1.165, 1.54) is 17.3 Å². The summed E-state index contributed by atoms with van der Waals surface area (Å²) >= 11 is 9.25. The second-order valence-corrected chi connectivity index (χ2v) is 7.70. The Bertz CT molecular complexity index is 741. The molecule has 0 radical (unpaired) electrons. The number of ether oxygens (including phenoxy) is 1. The molecule has 0 aliphatic heterocycles. The van der Waals surface area contributed by atoms with Gasteiger partial charge in [0.05, 0.1) is 10.6 Å². The normalized spacial score (nSPS) is 10.4. The average Bonchev–Trinajstić information content (AvgIpc) is 2.67. The molecule has 0 fully saturated rings. The van der Waals surface area contributed by atoms with Crippen molar-refractivity contribution < 1.29 is 14.3 Å². The van der Waals surface area contributed by atoms with Crippen molar-refractivity contribution in [3.8, 4) is 0 Å². The SMILES string of the molecule is CSc1ccc(Cl)c(C(=O)OCC(=O)NCCSCc2ccccc2)c1. The second-order valence-electron chi connectivity index (χ2n) is 5.31. The Balaban J connectivity index is 1.66. The smallest absolute Gasteiger partial charge is 0.340 e. The number of carbonyl (C=O) groups excluding carboxylic acids is 2. The highest BCUT2D eigenvalue weighted by atomic mass is 35.5. The zero-order valence-electron chi connectivity index (χ0n) is 14.4. The maximum Gasteiger partial charge on any atom is 0.340 e. The van der Waals surface area contributed by atoms with Gasteiger partial charge in [0.2, 0.25) is 0 Å². The molecule has 0 heterocycles. The zero-order chi connectivity index (χ0) is 18.8. The number of esters is 1. The van der Waals surface area contributed by atoms with Gasteiger partial charge in [0, 0.05) is 22.9 Å². The van der Waals surface area contributed by atoms with Crippen LogP contribution in [-0.4, -0.2) is 37.0 Å². The van der Waals surface area contributed by atoms with Crippen LogP contribution >= 0.6 is 35.1 Å². The number of hydrogen-bond donors (Lipinski definition) is 1. The number of carbonyl (C=O) groups is 2. The van der Waals surface area contributed by atoms with Gasteiger partial charge in [0.1, 0.15) is 0 Å². The molecule has 0 aliphatic carbocycles. The molecule has 26 heavy (non-hydrogen) atoms. The molecule has 0 spiro atoms. The molecule has 2 rings (SSSR count). The molecular weight excluding hydrogens is 390 g/mol. The summed E-state index contributed by atoms with van der Waals surface area (Å²) in [5.74, 6) is 0.766. The molecule has 0 aromatic heterocycles. The molecule has 0 unspecified atom stereocenters. The van der Waals surface area contributed by atoms with E-state index >= 15 is 0 Å². The van der Waals surface area contributed by atoms with Gasteiger partial charge in [0.15, 0.2) is 6.61 Å². The van der Waals surface area contributed by atoms with Crippen molar-refractivity contribution in [1.82, 2.24) is 5.32 Å². The summed E-state index contributed by atoms with van der Waals surface area (Å²) in [5.41, 5.74) is 1.52. The maximum atomic E-state index is 12.1. The van der Waals surface area contributed by atoms with Crippen molar-refractivity contribution in [2.45, 2.75) is 10.6 Å². The van der Waals surface area contributed by atoms with Gasteiger partial charge in [0.25, 0.3) is 5.91 Å². The summed E-state index contributed by atoms with van der Waals surface area (Å²) in [6.45, 7) is 0.207. The molecule has 0 atom stereocenters. The molecule has 0 saturated carbocycles. The van der Waals surface area contributed by atoms with Crippen LogP contribution in [-0.2, 0) is 15.3 Å². The molecule has 4 nitrogen and oxygen atoms in total. The number of thioether (sulfide) groups is 2. The highest BCUT2D eigenvalue weighted by Crippen LogP contribution is 2.23. The Morgan fingerprint density at radius 3 is 2.65 bits per heavy atom. The van der Waals surface area contributed by atoms with Crippen LogP contribution in [0.4, 0.5) is 0 Å². The minimum atomic E-state index is -0.598. The maximum absolute atomic E-state index is 12.1. The molecule has 7 heteroatoms. The lowest BCUT2D eigenvalue weighted by Crippen LogP contribution is -2.30. The highest BCUT2D eigenvalue weighted by molar-refractivity contribution is 7.98. The Labute approximate surface area is 167 Å². The van der Waals surface area contributed by atoms with E-state index in [0.29, 0.717) is 11.6 Å². The van der Waals surface area contributed by atoms with Gasteiger partial charge in [-0.3, -0.25) is 4.79 Å². The Morgan fingerprint density at radius 2 is 1.92 bits per heavy atom. The lowest BCUT2D eigenvalue weighted by molar-refractivity contribution is -0.124. The summed E-state index contributed by atoms with van der Waals surface area (Å²) in [4.78, 5) is 24.8. The van der Waals surface area contributed by atoms with Crippen molar-refractivity contribution in [2.24, 2.45) is 0 Å². The molecule has 0 saturated heterocycles. The Hall–Kier alpha value is -1.63. The van der Waals surface area contributed by atoms with Gasteiger partial charge < -0.3 is 10.1 Å². The Kier molecular flexibility index (Phi) is 8.88. The predicted octanol–water partition coefficient (Wildman–Crippen LogP) is 4.27. The minimum absolute atomic E-state index is 0.268. The molecule has 2 aromatic rings. The standard InChI is InChI=1S/C19H20ClNO3S2/c1-25-15-7-8-17(20)16(11-15)19(23)24-12-18(22)21-9-10-26-13-14-5-3-2-4-6-14/h2-8,11H,9-10,12-13H2,1H3,(H,21,22). The monoisotopic (exact) mass is 409 g/mol. The topological polar surface area (TPSA) is 55.4 Å². The number of rotatable bonds is 9. The zero-order valence-corrected chi connectivity index (χ0v) is 16.8. The van der Waals surface area contributed by atoms with Crippen molar-refractivity contribution in [2.75, 3.05) is 25.2 Å². The average molecular weight is 410 g/mol. The first-order valence-electron chi connectivity index (χ1n) is 7.99. The predicted molar refractivity (Wildman–Crippen MR) is 109 cm³/mol. The van der Waals surface area contributed by atoms with Crippen molar-refractivity contribution >= 4 is 47.0 Å². The summed E-state index contributed by atoms with van der Waals surface area (Å²) in [6.07, 6.45) is 1.90. The Morgan fingerprint density at radius 1 is 1.15 bits per heavy atom. The van der Waals surface area contributed by atoms with Gasteiger partial charge >= 0.3 is 5.97 Å². The summed E-state index contributed by atoms with van der Waals surface area (Å²) in [5, 5.41) is 3.05. The third kappa shape index (κ3) is 6.94. The summed E-state index contributed by atoms with van der Waals surface area (Å²) in [7, 11) is 0. The summed E-state index contributed by atoms with van der Waals surface area (Å²) < 4.78 is 5.05. The fourth-order valence-electron chi connectivity index (χ4n) is 2.07. The van der Waals surface area contributed by atoms with E-state index in [1.807, 2.05) is 30.5 Å². The first kappa shape index (κ1) is 20.7. The van der Waals surface area contributed by atoms with Crippen LogP contribution in [0.2, 0.25) is 5.02 Å². The molecule has 1 amide bonds. The van der Waals surface area contributed by atoms with E-state index in [2.05, 4.69) is 17.4 Å². The van der Waals surface area contributed by atoms with Crippen LogP contribution in [0, 0.1) is 0 Å². The van der Waals surface area contributed by atoms with Crippen molar-refractivity contribution in [3.63, 3.8) is 0 Å². The number of nitrogens with one attached hydrogen (secondary N) is 1. The largest absolute Gasteiger partial charge is 0.452 e. The van der Waals surface area contributed by atoms with Crippen LogP contribution < -0.4 is 5.32 Å². The molecule has 0 aliphatic rings. The highest BCUT2D eigenvalue weighted by Gasteiger charge is 2.14. The van der Waals surface area contributed by atoms with E-state index in [9.17, 15) is 9.59 Å². The lowest BCUT2D eigenvalue weighted by Gasteiger charge is -2.08. The number of benzene rings is 2.